The Bertz CT molecular complexity index is 546. The highest BCUT2D eigenvalue weighted by Crippen LogP contribution is 2.10. The number of methoxy groups -OCH3 is 1. The number of carbonyl (C=O) groups is 4. The molecule has 0 heterocycles. The van der Waals surface area contributed by atoms with Crippen molar-refractivity contribution in [3.63, 3.8) is 0 Å². The van der Waals surface area contributed by atoms with Crippen LogP contribution in [0.4, 0.5) is 0 Å². The number of rotatable bonds is 14. The Morgan fingerprint density at radius 2 is 1.55 bits per heavy atom. The number of aliphatic carboxylic acids is 1. The molecule has 0 aliphatic heterocycles. The predicted octanol–water partition coefficient (Wildman–Crippen LogP) is -0.528. The van der Waals surface area contributed by atoms with Gasteiger partial charge < -0.3 is 34.7 Å². The molecular weight excluding hydrogens is 388 g/mol. The van der Waals surface area contributed by atoms with E-state index in [-0.39, 0.29) is 13.2 Å². The van der Waals surface area contributed by atoms with Gasteiger partial charge in [0.2, 0.25) is 11.8 Å². The zero-order valence-corrected chi connectivity index (χ0v) is 17.6. The first-order valence-corrected chi connectivity index (χ1v) is 9.15. The highest BCUT2D eigenvalue weighted by molar-refractivity contribution is 5.92. The second kappa shape index (κ2) is 13.9. The van der Waals surface area contributed by atoms with Crippen molar-refractivity contribution in [2.24, 2.45) is 0 Å². The van der Waals surface area contributed by atoms with Crippen molar-refractivity contribution < 1.29 is 43.2 Å². The summed E-state index contributed by atoms with van der Waals surface area (Å²) in [7, 11) is 1.55. The van der Waals surface area contributed by atoms with Crippen LogP contribution in [0.25, 0.3) is 0 Å². The standard InChI is InChI=1S/C18H32N2O9/c1-12(19-14(21)11-28-9-8-27-7-6-26-5)16(24)20-13(10-15(22)23)17(25)29-18(2,3)4/h12-13H,6-11H2,1-5H3,(H,19,21)(H,20,24)(H,22,23). The molecule has 0 fully saturated rings. The molecule has 0 aromatic heterocycles. The van der Waals surface area contributed by atoms with E-state index in [1.54, 1.807) is 27.9 Å². The molecule has 0 aromatic rings. The second-order valence-corrected chi connectivity index (χ2v) is 7.14. The van der Waals surface area contributed by atoms with E-state index in [1.165, 1.54) is 6.92 Å². The number of nitrogens with one attached hydrogen (secondary N) is 2. The number of carboxylic acids is 1. The molecule has 0 saturated heterocycles. The molecule has 11 nitrogen and oxygen atoms in total. The fourth-order valence-electron chi connectivity index (χ4n) is 1.91. The highest BCUT2D eigenvalue weighted by atomic mass is 16.6. The summed E-state index contributed by atoms with van der Waals surface area (Å²) >= 11 is 0. The van der Waals surface area contributed by atoms with E-state index in [4.69, 9.17) is 24.1 Å². The van der Waals surface area contributed by atoms with Gasteiger partial charge in [-0.2, -0.15) is 0 Å². The molecule has 29 heavy (non-hydrogen) atoms. The number of hydrogen-bond acceptors (Lipinski definition) is 8. The van der Waals surface area contributed by atoms with Crippen LogP contribution in [-0.4, -0.2) is 86.7 Å². The molecule has 0 saturated carbocycles. The van der Waals surface area contributed by atoms with Crippen LogP contribution < -0.4 is 10.6 Å². The van der Waals surface area contributed by atoms with E-state index in [0.717, 1.165) is 0 Å². The van der Waals surface area contributed by atoms with Gasteiger partial charge in [0.05, 0.1) is 32.8 Å². The molecule has 2 amide bonds. The molecule has 0 bridgehead atoms. The highest BCUT2D eigenvalue weighted by Gasteiger charge is 2.30. The van der Waals surface area contributed by atoms with Crippen LogP contribution in [0.15, 0.2) is 0 Å². The van der Waals surface area contributed by atoms with E-state index in [0.29, 0.717) is 19.8 Å². The lowest BCUT2D eigenvalue weighted by molar-refractivity contribution is -0.161. The Morgan fingerprint density at radius 3 is 2.10 bits per heavy atom. The molecule has 0 aliphatic rings. The van der Waals surface area contributed by atoms with Crippen molar-refractivity contribution in [1.29, 1.82) is 0 Å². The minimum Gasteiger partial charge on any atom is -0.481 e. The van der Waals surface area contributed by atoms with Crippen LogP contribution in [0.1, 0.15) is 34.1 Å². The fraction of sp³-hybridized carbons (Fsp3) is 0.778. The monoisotopic (exact) mass is 420 g/mol. The van der Waals surface area contributed by atoms with Crippen LogP contribution >= 0.6 is 0 Å². The zero-order chi connectivity index (χ0) is 22.4. The summed E-state index contributed by atoms with van der Waals surface area (Å²) < 4.78 is 20.2. The first kappa shape index (κ1) is 26.8. The fourth-order valence-corrected chi connectivity index (χ4v) is 1.91. The van der Waals surface area contributed by atoms with Crippen molar-refractivity contribution in [2.45, 2.75) is 51.8 Å². The zero-order valence-electron chi connectivity index (χ0n) is 17.6. The van der Waals surface area contributed by atoms with Gasteiger partial charge >= 0.3 is 11.9 Å². The Kier molecular flexibility index (Phi) is 12.8. The Morgan fingerprint density at radius 1 is 0.966 bits per heavy atom. The van der Waals surface area contributed by atoms with Gasteiger partial charge in [-0.15, -0.1) is 0 Å². The maximum absolute atomic E-state index is 12.2. The maximum Gasteiger partial charge on any atom is 0.329 e. The van der Waals surface area contributed by atoms with Crippen molar-refractivity contribution in [2.75, 3.05) is 40.1 Å². The number of amides is 2. The molecule has 0 aliphatic carbocycles. The average molecular weight is 420 g/mol. The van der Waals surface area contributed by atoms with Gasteiger partial charge in [-0.25, -0.2) is 4.79 Å². The van der Waals surface area contributed by atoms with Crippen LogP contribution in [0.2, 0.25) is 0 Å². The number of esters is 1. The lowest BCUT2D eigenvalue weighted by atomic mass is 10.1. The summed E-state index contributed by atoms with van der Waals surface area (Å²) in [6.45, 7) is 7.33. The van der Waals surface area contributed by atoms with Crippen LogP contribution in [0.5, 0.6) is 0 Å². The minimum absolute atomic E-state index is 0.192. The third-order valence-electron chi connectivity index (χ3n) is 3.19. The van der Waals surface area contributed by atoms with Gasteiger partial charge in [0.25, 0.3) is 0 Å². The summed E-state index contributed by atoms with van der Waals surface area (Å²) in [6.07, 6.45) is -0.645. The van der Waals surface area contributed by atoms with Crippen molar-refractivity contribution in [1.82, 2.24) is 10.6 Å². The molecule has 3 N–H and O–H groups in total. The van der Waals surface area contributed by atoms with Gasteiger partial charge in [-0.3, -0.25) is 14.4 Å². The molecule has 0 radical (unpaired) electrons. The molecule has 2 unspecified atom stereocenters. The largest absolute Gasteiger partial charge is 0.481 e. The summed E-state index contributed by atoms with van der Waals surface area (Å²) in [4.78, 5) is 47.1. The van der Waals surface area contributed by atoms with E-state index in [2.05, 4.69) is 10.6 Å². The van der Waals surface area contributed by atoms with Crippen molar-refractivity contribution in [3.05, 3.63) is 0 Å². The van der Waals surface area contributed by atoms with Crippen LogP contribution in [0.3, 0.4) is 0 Å². The summed E-state index contributed by atoms with van der Waals surface area (Å²) in [5.74, 6) is -3.42. The van der Waals surface area contributed by atoms with Crippen LogP contribution in [-0.2, 0) is 38.1 Å². The molecule has 0 aromatic carbocycles. The second-order valence-electron chi connectivity index (χ2n) is 7.14. The number of carbonyl (C=O) groups excluding carboxylic acids is 3. The molecular formula is C18H32N2O9. The lowest BCUT2D eigenvalue weighted by Gasteiger charge is -2.24. The molecule has 0 rings (SSSR count). The van der Waals surface area contributed by atoms with E-state index in [9.17, 15) is 19.2 Å². The Balaban J connectivity index is 4.42. The third kappa shape index (κ3) is 14.4. The molecule has 2 atom stereocenters. The predicted molar refractivity (Wildman–Crippen MR) is 101 cm³/mol. The summed E-state index contributed by atoms with van der Waals surface area (Å²) in [5, 5.41) is 13.6. The quantitative estimate of drug-likeness (QED) is 0.249. The van der Waals surface area contributed by atoms with Crippen LogP contribution in [0, 0.1) is 0 Å². The summed E-state index contributed by atoms with van der Waals surface area (Å²) in [5.41, 5.74) is -0.844. The number of ether oxygens (including phenoxy) is 4. The molecule has 168 valence electrons. The maximum atomic E-state index is 12.2. The number of carboxylic acid groups (broad SMARTS) is 1. The topological polar surface area (TPSA) is 149 Å². The first-order valence-electron chi connectivity index (χ1n) is 9.15. The summed E-state index contributed by atoms with van der Waals surface area (Å²) in [6, 6.07) is -2.39. The van der Waals surface area contributed by atoms with E-state index >= 15 is 0 Å². The smallest absolute Gasteiger partial charge is 0.329 e. The normalized spacial score (nSPS) is 13.3. The first-order chi connectivity index (χ1) is 13.5. The van der Waals surface area contributed by atoms with Gasteiger partial charge in [0, 0.05) is 7.11 Å². The van der Waals surface area contributed by atoms with Gasteiger partial charge in [0.1, 0.15) is 24.3 Å². The van der Waals surface area contributed by atoms with Crippen molar-refractivity contribution in [3.8, 4) is 0 Å². The van der Waals surface area contributed by atoms with Crippen molar-refractivity contribution >= 4 is 23.8 Å². The lowest BCUT2D eigenvalue weighted by Crippen LogP contribution is -2.52. The number of hydrogen-bond donors (Lipinski definition) is 3. The van der Waals surface area contributed by atoms with Gasteiger partial charge in [0.15, 0.2) is 0 Å². The van der Waals surface area contributed by atoms with Gasteiger partial charge in [-0.1, -0.05) is 0 Å². The Hall–Kier alpha value is -2.24. The third-order valence-corrected chi connectivity index (χ3v) is 3.19. The van der Waals surface area contributed by atoms with E-state index in [1.807, 2.05) is 0 Å². The minimum atomic E-state index is -1.38. The molecule has 0 spiro atoms. The average Bonchev–Trinajstić information content (AvgIpc) is 2.58. The van der Waals surface area contributed by atoms with Gasteiger partial charge in [-0.05, 0) is 27.7 Å². The Labute approximate surface area is 170 Å². The SMILES string of the molecule is COCCOCCOCC(=O)NC(C)C(=O)NC(CC(=O)O)C(=O)OC(C)(C)C. The van der Waals surface area contributed by atoms with E-state index < -0.39 is 47.9 Å². The molecule has 11 heteroatoms.